The van der Waals surface area contributed by atoms with Gasteiger partial charge in [-0.2, -0.15) is 0 Å². The van der Waals surface area contributed by atoms with E-state index in [9.17, 15) is 13.9 Å². The van der Waals surface area contributed by atoms with Gasteiger partial charge in [0.15, 0.2) is 0 Å². The summed E-state index contributed by atoms with van der Waals surface area (Å²) in [5.41, 5.74) is 2.51. The van der Waals surface area contributed by atoms with Crippen molar-refractivity contribution in [2.24, 2.45) is 5.16 Å². The Morgan fingerprint density at radius 3 is 2.50 bits per heavy atom. The molecule has 2 aromatic carbocycles. The van der Waals surface area contributed by atoms with Crippen LogP contribution in [-0.2, 0) is 16.1 Å². The van der Waals surface area contributed by atoms with Crippen molar-refractivity contribution in [1.29, 1.82) is 0 Å². The van der Waals surface area contributed by atoms with Crippen LogP contribution in [0.25, 0.3) is 0 Å². The first-order valence-electron chi connectivity index (χ1n) is 9.85. The van der Waals surface area contributed by atoms with E-state index in [-0.39, 0.29) is 24.3 Å². The van der Waals surface area contributed by atoms with E-state index < -0.39 is 6.10 Å². The molecule has 7 heteroatoms. The zero-order valence-electron chi connectivity index (χ0n) is 16.7. The predicted octanol–water partition coefficient (Wildman–Crippen LogP) is 3.52. The molecule has 5 nitrogen and oxygen atoms in total. The van der Waals surface area contributed by atoms with Gasteiger partial charge in [0, 0.05) is 26.1 Å². The fraction of sp³-hybridized carbons (Fsp3) is 0.348. The summed E-state index contributed by atoms with van der Waals surface area (Å²) in [6, 6.07) is 12.4. The molecular formula is C23H26F2N2O3. The summed E-state index contributed by atoms with van der Waals surface area (Å²) < 4.78 is 31.7. The molecule has 1 N–H and O–H groups in total. The van der Waals surface area contributed by atoms with Crippen molar-refractivity contribution in [2.75, 3.05) is 26.3 Å². The number of ether oxygens (including phenoxy) is 1. The number of halogens is 2. The van der Waals surface area contributed by atoms with Gasteiger partial charge in [-0.3, -0.25) is 4.90 Å². The first-order valence-corrected chi connectivity index (χ1v) is 9.85. The summed E-state index contributed by atoms with van der Waals surface area (Å²) in [5.74, 6) is -0.590. The molecular weight excluding hydrogens is 390 g/mol. The standard InChI is InChI=1S/C23H26F2N2O3/c1-2-11-29-16-21(28)14-27(13-17-3-7-19(24)8-4-17)15-22-12-23(26-30-22)18-5-9-20(25)10-6-18/h2-10,21-22,28H,1,11-16H2/t21-,22+/m1/s1. The van der Waals surface area contributed by atoms with Crippen LogP contribution in [0, 0.1) is 11.6 Å². The van der Waals surface area contributed by atoms with Crippen molar-refractivity contribution < 1.29 is 23.5 Å². The van der Waals surface area contributed by atoms with Gasteiger partial charge in [-0.25, -0.2) is 8.78 Å². The van der Waals surface area contributed by atoms with Gasteiger partial charge in [0.25, 0.3) is 0 Å². The van der Waals surface area contributed by atoms with E-state index in [0.717, 1.165) is 16.8 Å². The molecule has 0 amide bonds. The Balaban J connectivity index is 1.60. The predicted molar refractivity (Wildman–Crippen MR) is 111 cm³/mol. The maximum absolute atomic E-state index is 13.2. The molecule has 0 saturated carbocycles. The van der Waals surface area contributed by atoms with Crippen molar-refractivity contribution in [3.8, 4) is 0 Å². The molecule has 30 heavy (non-hydrogen) atoms. The van der Waals surface area contributed by atoms with E-state index in [0.29, 0.717) is 32.7 Å². The minimum Gasteiger partial charge on any atom is -0.390 e. The Morgan fingerprint density at radius 2 is 1.83 bits per heavy atom. The molecule has 0 fully saturated rings. The number of aliphatic hydroxyl groups excluding tert-OH is 1. The highest BCUT2D eigenvalue weighted by molar-refractivity contribution is 6.01. The molecule has 0 spiro atoms. The lowest BCUT2D eigenvalue weighted by atomic mass is 10.0. The second-order valence-electron chi connectivity index (χ2n) is 7.28. The lowest BCUT2D eigenvalue weighted by Gasteiger charge is -2.27. The normalized spacial score (nSPS) is 16.9. The minimum absolute atomic E-state index is 0.189. The van der Waals surface area contributed by atoms with Crippen LogP contribution in [0.3, 0.4) is 0 Å². The third kappa shape index (κ3) is 6.73. The van der Waals surface area contributed by atoms with Crippen LogP contribution >= 0.6 is 0 Å². The fourth-order valence-electron chi connectivity index (χ4n) is 3.32. The molecule has 0 saturated heterocycles. The molecule has 0 aliphatic carbocycles. The highest BCUT2D eigenvalue weighted by Crippen LogP contribution is 2.19. The number of benzene rings is 2. The van der Waals surface area contributed by atoms with Gasteiger partial charge in [-0.05, 0) is 35.4 Å². The summed E-state index contributed by atoms with van der Waals surface area (Å²) in [6.07, 6.45) is 1.31. The second kappa shape index (κ2) is 11.0. The number of aliphatic hydroxyl groups is 1. The van der Waals surface area contributed by atoms with Gasteiger partial charge in [0.1, 0.15) is 17.7 Å². The van der Waals surface area contributed by atoms with Gasteiger partial charge in [-0.15, -0.1) is 6.58 Å². The van der Waals surface area contributed by atoms with Crippen molar-refractivity contribution in [1.82, 2.24) is 4.90 Å². The quantitative estimate of drug-likeness (QED) is 0.450. The average Bonchev–Trinajstić information content (AvgIpc) is 3.19. The number of hydrogen-bond acceptors (Lipinski definition) is 5. The maximum atomic E-state index is 13.2. The SMILES string of the molecule is C=CCOC[C@H](O)CN(Cc1ccc(F)cc1)C[C@@H]1CC(c2ccc(F)cc2)=NO1. The zero-order chi connectivity index (χ0) is 21.3. The number of rotatable bonds is 11. The Bertz CT molecular complexity index is 841. The smallest absolute Gasteiger partial charge is 0.145 e. The van der Waals surface area contributed by atoms with Crippen LogP contribution in [0.4, 0.5) is 8.78 Å². The van der Waals surface area contributed by atoms with Crippen LogP contribution in [0.1, 0.15) is 17.5 Å². The number of hydrogen-bond donors (Lipinski definition) is 1. The second-order valence-corrected chi connectivity index (χ2v) is 7.28. The molecule has 0 unspecified atom stereocenters. The summed E-state index contributed by atoms with van der Waals surface area (Å²) in [6.45, 7) is 5.55. The maximum Gasteiger partial charge on any atom is 0.145 e. The van der Waals surface area contributed by atoms with Crippen molar-refractivity contribution in [2.45, 2.75) is 25.2 Å². The van der Waals surface area contributed by atoms with Gasteiger partial charge in [0.05, 0.1) is 25.0 Å². The molecule has 0 aromatic heterocycles. The lowest BCUT2D eigenvalue weighted by molar-refractivity contribution is 0.00335. The first kappa shape index (κ1) is 22.1. The largest absolute Gasteiger partial charge is 0.390 e. The topological polar surface area (TPSA) is 54.3 Å². The Kier molecular flexibility index (Phi) is 8.07. The molecule has 2 aromatic rings. The molecule has 0 radical (unpaired) electrons. The van der Waals surface area contributed by atoms with Gasteiger partial charge < -0.3 is 14.7 Å². The molecule has 1 aliphatic heterocycles. The van der Waals surface area contributed by atoms with E-state index in [1.54, 1.807) is 30.3 Å². The van der Waals surface area contributed by atoms with Crippen LogP contribution in [0.15, 0.2) is 66.3 Å². The summed E-state index contributed by atoms with van der Waals surface area (Å²) in [4.78, 5) is 7.61. The Labute approximate surface area is 175 Å². The fourth-order valence-corrected chi connectivity index (χ4v) is 3.32. The molecule has 1 aliphatic rings. The molecule has 1 heterocycles. The Hall–Kier alpha value is -2.61. The summed E-state index contributed by atoms with van der Waals surface area (Å²) in [5, 5.41) is 14.5. The van der Waals surface area contributed by atoms with Crippen LogP contribution in [0.5, 0.6) is 0 Å². The van der Waals surface area contributed by atoms with E-state index in [1.165, 1.54) is 24.3 Å². The molecule has 3 rings (SSSR count). The summed E-state index contributed by atoms with van der Waals surface area (Å²) in [7, 11) is 0. The van der Waals surface area contributed by atoms with E-state index in [4.69, 9.17) is 9.57 Å². The third-order valence-corrected chi connectivity index (χ3v) is 4.71. The lowest BCUT2D eigenvalue weighted by Crippen LogP contribution is -2.39. The van der Waals surface area contributed by atoms with Gasteiger partial charge in [-0.1, -0.05) is 35.5 Å². The molecule has 2 atom stereocenters. The minimum atomic E-state index is -0.690. The van der Waals surface area contributed by atoms with E-state index in [2.05, 4.69) is 11.7 Å². The Morgan fingerprint density at radius 1 is 1.17 bits per heavy atom. The van der Waals surface area contributed by atoms with E-state index in [1.807, 2.05) is 4.90 Å². The van der Waals surface area contributed by atoms with Gasteiger partial charge >= 0.3 is 0 Å². The van der Waals surface area contributed by atoms with Crippen molar-refractivity contribution in [3.05, 3.63) is 83.9 Å². The summed E-state index contributed by atoms with van der Waals surface area (Å²) >= 11 is 0. The third-order valence-electron chi connectivity index (χ3n) is 4.71. The molecule has 0 bridgehead atoms. The first-order chi connectivity index (χ1) is 14.5. The number of oxime groups is 1. The van der Waals surface area contributed by atoms with Crippen molar-refractivity contribution >= 4 is 5.71 Å². The average molecular weight is 416 g/mol. The van der Waals surface area contributed by atoms with Crippen LogP contribution in [0.2, 0.25) is 0 Å². The highest BCUT2D eigenvalue weighted by Gasteiger charge is 2.26. The van der Waals surface area contributed by atoms with Crippen LogP contribution in [-0.4, -0.2) is 54.2 Å². The van der Waals surface area contributed by atoms with E-state index >= 15 is 0 Å². The highest BCUT2D eigenvalue weighted by atomic mass is 19.1. The number of nitrogens with zero attached hydrogens (tertiary/aromatic N) is 2. The van der Waals surface area contributed by atoms with Gasteiger partial charge in [0.2, 0.25) is 0 Å². The van der Waals surface area contributed by atoms with Crippen LogP contribution < -0.4 is 0 Å². The van der Waals surface area contributed by atoms with Crippen molar-refractivity contribution in [3.63, 3.8) is 0 Å². The zero-order valence-corrected chi connectivity index (χ0v) is 16.7. The monoisotopic (exact) mass is 416 g/mol. The molecule has 160 valence electrons.